The molecule has 0 saturated carbocycles. The molecule has 0 saturated heterocycles. The summed E-state index contributed by atoms with van der Waals surface area (Å²) in [6.07, 6.45) is 49.9. The van der Waals surface area contributed by atoms with Crippen LogP contribution in [0.5, 0.6) is 23.0 Å². The van der Waals surface area contributed by atoms with E-state index in [1.165, 1.54) is 205 Å². The van der Waals surface area contributed by atoms with Crippen LogP contribution in [0, 0.1) is 0 Å². The number of hydrogen-bond donors (Lipinski definition) is 0. The summed E-state index contributed by atoms with van der Waals surface area (Å²) in [7, 11) is 0. The molecular weight excluding hydrogens is 945 g/mol. The maximum absolute atomic E-state index is 13.9. The molecule has 424 valence electrons. The molecule has 0 fully saturated rings. The molecule has 10 nitrogen and oxygen atoms in total. The number of ether oxygens (including phenoxy) is 4. The molecule has 76 heavy (non-hydrogen) atoms. The number of unbranched alkanes of at least 4 members (excludes halogenated alkanes) is 36. The van der Waals surface area contributed by atoms with Gasteiger partial charge in [0.15, 0.2) is 23.0 Å². The number of carbonyl (C=O) groups excluding carboxylic acids is 2. The number of fused-ring (bicyclic) bond motifs is 5. The number of Topliss-reactive ketones (excluding diaryl/α,β-unsaturated/α-hetero) is 2. The number of hydrogen-bond acceptors (Lipinski definition) is 10. The Hall–Kier alpha value is -4.34. The summed E-state index contributed by atoms with van der Waals surface area (Å²) in [5, 5.41) is 0. The van der Waals surface area contributed by atoms with E-state index in [0.29, 0.717) is 71.5 Å². The monoisotopic (exact) mass is 1050 g/mol. The average molecular weight is 1050 g/mol. The van der Waals surface area contributed by atoms with Gasteiger partial charge in [0, 0.05) is 24.3 Å². The average Bonchev–Trinajstić information content (AvgIpc) is 3.46. The fourth-order valence-electron chi connectivity index (χ4n) is 10.5. The van der Waals surface area contributed by atoms with Crippen LogP contribution in [0.2, 0.25) is 0 Å². The van der Waals surface area contributed by atoms with Gasteiger partial charge in [-0.15, -0.1) is 0 Å². The molecule has 0 unspecified atom stereocenters. The van der Waals surface area contributed by atoms with Gasteiger partial charge >= 0.3 is 0 Å². The van der Waals surface area contributed by atoms with E-state index in [-0.39, 0.29) is 22.8 Å². The first kappa shape index (κ1) is 62.5. The van der Waals surface area contributed by atoms with Crippen molar-refractivity contribution < 1.29 is 28.5 Å². The lowest BCUT2D eigenvalue weighted by Gasteiger charge is -2.19. The molecule has 0 amide bonds. The third-order valence-corrected chi connectivity index (χ3v) is 15.3. The summed E-state index contributed by atoms with van der Waals surface area (Å²) in [4.78, 5) is 47.6. The SMILES string of the molecule is CCCCCCCCCCCCOc1cc2nc3c(nc2cc1OCCCCCCCCCCCC)-c1nc2cc(OCCCCCCCCCCCC)c(OCCCCCCCCCCCC)cc2nc1C(=O)C3=O. The molecule has 0 bridgehead atoms. The Morgan fingerprint density at radius 3 is 0.618 bits per heavy atom. The topological polar surface area (TPSA) is 123 Å². The third kappa shape index (κ3) is 22.9. The summed E-state index contributed by atoms with van der Waals surface area (Å²) in [6.45, 7) is 11.3. The van der Waals surface area contributed by atoms with E-state index in [1.54, 1.807) is 0 Å². The van der Waals surface area contributed by atoms with Crippen LogP contribution in [0.4, 0.5) is 0 Å². The molecule has 0 aliphatic heterocycles. The lowest BCUT2D eigenvalue weighted by molar-refractivity contribution is 0.0809. The number of aromatic nitrogens is 4. The van der Waals surface area contributed by atoms with Crippen LogP contribution in [0.1, 0.15) is 306 Å². The summed E-state index contributed by atoms with van der Waals surface area (Å²) in [5.41, 5.74) is 2.45. The van der Waals surface area contributed by atoms with E-state index in [9.17, 15) is 9.59 Å². The van der Waals surface area contributed by atoms with Gasteiger partial charge in [-0.3, -0.25) is 9.59 Å². The maximum Gasteiger partial charge on any atom is 0.255 e. The minimum absolute atomic E-state index is 0.0211. The molecule has 10 heteroatoms. The van der Waals surface area contributed by atoms with E-state index >= 15 is 0 Å². The fraction of sp³-hybridized carbons (Fsp3) is 0.727. The number of ketones is 2. The molecule has 4 aromatic rings. The van der Waals surface area contributed by atoms with E-state index < -0.39 is 11.6 Å². The molecular formula is C66H104N4O6. The van der Waals surface area contributed by atoms with Gasteiger partial charge in [-0.2, -0.15) is 0 Å². The van der Waals surface area contributed by atoms with Crippen molar-refractivity contribution in [2.75, 3.05) is 26.4 Å². The first-order chi connectivity index (χ1) is 37.5. The van der Waals surface area contributed by atoms with Crippen molar-refractivity contribution in [3.05, 3.63) is 35.7 Å². The van der Waals surface area contributed by atoms with Crippen molar-refractivity contribution in [2.24, 2.45) is 0 Å². The number of benzene rings is 2. The molecule has 1 aliphatic rings. The van der Waals surface area contributed by atoms with Crippen LogP contribution in [-0.4, -0.2) is 57.9 Å². The molecule has 0 spiro atoms. The second kappa shape index (κ2) is 39.1. The van der Waals surface area contributed by atoms with Gasteiger partial charge in [0.25, 0.3) is 11.6 Å². The molecule has 2 aromatic heterocycles. The van der Waals surface area contributed by atoms with E-state index in [1.807, 2.05) is 24.3 Å². The van der Waals surface area contributed by atoms with Gasteiger partial charge in [-0.1, -0.05) is 259 Å². The van der Waals surface area contributed by atoms with Crippen LogP contribution < -0.4 is 18.9 Å². The van der Waals surface area contributed by atoms with Gasteiger partial charge < -0.3 is 18.9 Å². The van der Waals surface area contributed by atoms with Crippen LogP contribution in [0.25, 0.3) is 33.5 Å². The molecule has 2 heterocycles. The largest absolute Gasteiger partial charge is 0.490 e. The number of nitrogens with zero attached hydrogens (tertiary/aromatic N) is 4. The quantitative estimate of drug-likeness (QED) is 0.0312. The Balaban J connectivity index is 1.31. The zero-order valence-electron chi connectivity index (χ0n) is 48.7. The molecule has 0 N–H and O–H groups in total. The lowest BCUT2D eigenvalue weighted by atomic mass is 9.97. The van der Waals surface area contributed by atoms with Gasteiger partial charge in [-0.05, 0) is 25.7 Å². The van der Waals surface area contributed by atoms with Gasteiger partial charge in [0.1, 0.15) is 22.8 Å². The van der Waals surface area contributed by atoms with E-state index in [4.69, 9.17) is 38.9 Å². The lowest BCUT2D eigenvalue weighted by Crippen LogP contribution is -2.25. The highest BCUT2D eigenvalue weighted by atomic mass is 16.5. The van der Waals surface area contributed by atoms with Crippen LogP contribution in [0.15, 0.2) is 24.3 Å². The zero-order chi connectivity index (χ0) is 53.7. The van der Waals surface area contributed by atoms with E-state index in [2.05, 4.69) is 27.7 Å². The fourth-order valence-corrected chi connectivity index (χ4v) is 10.5. The van der Waals surface area contributed by atoms with Crippen LogP contribution in [0.3, 0.4) is 0 Å². The van der Waals surface area contributed by atoms with Crippen molar-refractivity contribution in [1.82, 2.24) is 19.9 Å². The van der Waals surface area contributed by atoms with Crippen molar-refractivity contribution in [3.8, 4) is 34.4 Å². The van der Waals surface area contributed by atoms with Crippen LogP contribution >= 0.6 is 0 Å². The zero-order valence-corrected chi connectivity index (χ0v) is 48.7. The Labute approximate surface area is 461 Å². The summed E-state index contributed by atoms with van der Waals surface area (Å²) < 4.78 is 25.8. The minimum Gasteiger partial charge on any atom is -0.490 e. The molecule has 0 atom stereocenters. The number of carbonyl (C=O) groups is 2. The molecule has 2 aromatic carbocycles. The minimum atomic E-state index is -0.742. The summed E-state index contributed by atoms with van der Waals surface area (Å²) in [6, 6.07) is 7.39. The highest BCUT2D eigenvalue weighted by molar-refractivity contribution is 6.52. The molecule has 5 rings (SSSR count). The summed E-state index contributed by atoms with van der Waals surface area (Å²) in [5.74, 6) is 0.913. The van der Waals surface area contributed by atoms with Crippen molar-refractivity contribution >= 4 is 33.6 Å². The van der Waals surface area contributed by atoms with Crippen LogP contribution in [-0.2, 0) is 0 Å². The first-order valence-electron chi connectivity index (χ1n) is 31.8. The van der Waals surface area contributed by atoms with Crippen molar-refractivity contribution in [2.45, 2.75) is 285 Å². The summed E-state index contributed by atoms with van der Waals surface area (Å²) >= 11 is 0. The first-order valence-corrected chi connectivity index (χ1v) is 31.8. The standard InChI is InChI=1S/C66H104N4O6/c1-5-9-13-17-21-25-29-33-37-41-45-73-57-49-53-55(51-59(57)75-47-43-39-35-31-27-23-19-15-11-7-3)69-63-61(67-53)62-64(66(72)65(63)71)70-56-52-60(76-48-44-40-36-32-28-24-20-16-12-8-4)58(50-54(56)68-62)74-46-42-38-34-30-26-22-18-14-10-6-2/h49-52H,5-48H2,1-4H3. The maximum atomic E-state index is 13.9. The predicted molar refractivity (Wildman–Crippen MR) is 316 cm³/mol. The Kier molecular flexibility index (Phi) is 32.1. The van der Waals surface area contributed by atoms with E-state index in [0.717, 1.165) is 51.4 Å². The predicted octanol–water partition coefficient (Wildman–Crippen LogP) is 19.8. The second-order valence-corrected chi connectivity index (χ2v) is 22.2. The van der Waals surface area contributed by atoms with Gasteiger partial charge in [-0.25, -0.2) is 19.9 Å². The van der Waals surface area contributed by atoms with Crippen molar-refractivity contribution in [3.63, 3.8) is 0 Å². The highest BCUT2D eigenvalue weighted by Crippen LogP contribution is 2.38. The molecule has 0 radical (unpaired) electrons. The molecule has 1 aliphatic carbocycles. The Bertz CT molecular complexity index is 2070. The highest BCUT2D eigenvalue weighted by Gasteiger charge is 2.36. The Morgan fingerprint density at radius 2 is 0.421 bits per heavy atom. The van der Waals surface area contributed by atoms with Gasteiger partial charge in [0.05, 0.1) is 48.5 Å². The Morgan fingerprint density at radius 1 is 0.250 bits per heavy atom. The second-order valence-electron chi connectivity index (χ2n) is 22.2. The normalized spacial score (nSPS) is 12.2. The third-order valence-electron chi connectivity index (χ3n) is 15.3. The number of rotatable bonds is 48. The van der Waals surface area contributed by atoms with Gasteiger partial charge in [0.2, 0.25) is 0 Å². The van der Waals surface area contributed by atoms with Crippen molar-refractivity contribution in [1.29, 1.82) is 0 Å². The smallest absolute Gasteiger partial charge is 0.255 e.